The van der Waals surface area contributed by atoms with Gasteiger partial charge in [-0.3, -0.25) is 4.79 Å². The molecule has 6 heteroatoms. The molecule has 0 spiro atoms. The van der Waals surface area contributed by atoms with Crippen LogP contribution in [0.4, 0.5) is 5.69 Å². The predicted molar refractivity (Wildman–Crippen MR) is 77.0 cm³/mol. The van der Waals surface area contributed by atoms with Crippen LogP contribution in [0.1, 0.15) is 15.9 Å². The molecule has 2 aromatic rings. The second-order valence-electron chi connectivity index (χ2n) is 3.91. The van der Waals surface area contributed by atoms with Crippen molar-refractivity contribution in [3.8, 4) is 5.75 Å². The molecule has 5 nitrogen and oxygen atoms in total. The van der Waals surface area contributed by atoms with Crippen LogP contribution < -0.4 is 5.32 Å². The van der Waals surface area contributed by atoms with E-state index in [1.54, 1.807) is 6.08 Å². The van der Waals surface area contributed by atoms with Crippen LogP contribution in [0.3, 0.4) is 0 Å². The van der Waals surface area contributed by atoms with Gasteiger partial charge in [0.2, 0.25) is 5.91 Å². The Morgan fingerprint density at radius 2 is 2.05 bits per heavy atom. The fraction of sp³-hybridized carbons (Fsp3) is 0. The first-order valence-corrected chi connectivity index (χ1v) is 6.58. The number of aromatic carboxylic acids is 1. The number of aromatic hydroxyl groups is 1. The number of phenolic OH excluding ortho intramolecular Hbond substituents is 1. The highest BCUT2D eigenvalue weighted by atomic mass is 32.1. The lowest BCUT2D eigenvalue weighted by atomic mass is 10.1. The Morgan fingerprint density at radius 1 is 1.25 bits per heavy atom. The first-order chi connectivity index (χ1) is 9.56. The van der Waals surface area contributed by atoms with E-state index in [-0.39, 0.29) is 17.0 Å². The van der Waals surface area contributed by atoms with Gasteiger partial charge in [0.1, 0.15) is 5.75 Å². The maximum absolute atomic E-state index is 11.7. The maximum Gasteiger partial charge on any atom is 0.337 e. The molecule has 102 valence electrons. The zero-order valence-corrected chi connectivity index (χ0v) is 11.1. The number of hydrogen-bond acceptors (Lipinski definition) is 4. The fourth-order valence-electron chi connectivity index (χ4n) is 1.53. The number of carbonyl (C=O) groups is 2. The van der Waals surface area contributed by atoms with E-state index in [4.69, 9.17) is 5.11 Å². The van der Waals surface area contributed by atoms with E-state index in [1.165, 1.54) is 29.5 Å². The molecule has 2 rings (SSSR count). The molecular formula is C14H11NO4S. The van der Waals surface area contributed by atoms with Gasteiger partial charge in [-0.25, -0.2) is 4.79 Å². The minimum atomic E-state index is -1.22. The summed E-state index contributed by atoms with van der Waals surface area (Å²) in [6, 6.07) is 5.60. The summed E-state index contributed by atoms with van der Waals surface area (Å²) in [5.41, 5.74) is 0.867. The Balaban J connectivity index is 2.13. The van der Waals surface area contributed by atoms with Crippen molar-refractivity contribution in [2.24, 2.45) is 0 Å². The first-order valence-electron chi connectivity index (χ1n) is 5.64. The van der Waals surface area contributed by atoms with Crippen molar-refractivity contribution >= 4 is 35.0 Å². The summed E-state index contributed by atoms with van der Waals surface area (Å²) in [5.74, 6) is -1.84. The van der Waals surface area contributed by atoms with Crippen LogP contribution >= 0.6 is 11.3 Å². The lowest BCUT2D eigenvalue weighted by molar-refractivity contribution is -0.111. The van der Waals surface area contributed by atoms with Crippen molar-refractivity contribution in [1.29, 1.82) is 0 Å². The number of nitrogens with one attached hydrogen (secondary N) is 1. The number of anilines is 1. The first kappa shape index (κ1) is 13.8. The van der Waals surface area contributed by atoms with Crippen LogP contribution in [-0.4, -0.2) is 22.1 Å². The van der Waals surface area contributed by atoms with Crippen LogP contribution in [0.2, 0.25) is 0 Å². The van der Waals surface area contributed by atoms with Crippen molar-refractivity contribution in [1.82, 2.24) is 0 Å². The van der Waals surface area contributed by atoms with Crippen LogP contribution in [0.15, 0.2) is 41.1 Å². The van der Waals surface area contributed by atoms with E-state index in [1.807, 2.05) is 16.8 Å². The van der Waals surface area contributed by atoms with E-state index in [2.05, 4.69) is 5.32 Å². The zero-order valence-electron chi connectivity index (χ0n) is 10.2. The summed E-state index contributed by atoms with van der Waals surface area (Å²) in [7, 11) is 0. The van der Waals surface area contributed by atoms with Crippen molar-refractivity contribution in [3.63, 3.8) is 0 Å². The second-order valence-corrected chi connectivity index (χ2v) is 4.69. The molecule has 1 aromatic carbocycles. The average molecular weight is 289 g/mol. The lowest BCUT2D eigenvalue weighted by Crippen LogP contribution is -2.11. The molecule has 0 atom stereocenters. The SMILES string of the molecule is O=C(C=Cc1ccsc1)Nc1ccc(O)cc1C(=O)O. The molecule has 0 fully saturated rings. The molecule has 1 aromatic heterocycles. The lowest BCUT2D eigenvalue weighted by Gasteiger charge is -2.06. The van der Waals surface area contributed by atoms with Gasteiger partial charge in [0.25, 0.3) is 0 Å². The van der Waals surface area contributed by atoms with Gasteiger partial charge in [0.15, 0.2) is 0 Å². The quantitative estimate of drug-likeness (QED) is 0.596. The third-order valence-electron chi connectivity index (χ3n) is 2.46. The van der Waals surface area contributed by atoms with Crippen LogP contribution in [0.5, 0.6) is 5.75 Å². The number of amides is 1. The smallest absolute Gasteiger partial charge is 0.337 e. The largest absolute Gasteiger partial charge is 0.508 e. The number of carbonyl (C=O) groups excluding carboxylic acids is 1. The van der Waals surface area contributed by atoms with Crippen LogP contribution in [-0.2, 0) is 4.79 Å². The van der Waals surface area contributed by atoms with Gasteiger partial charge in [-0.05, 0) is 46.7 Å². The summed E-state index contributed by atoms with van der Waals surface area (Å²) >= 11 is 1.51. The van der Waals surface area contributed by atoms with Crippen molar-refractivity contribution in [3.05, 3.63) is 52.2 Å². The van der Waals surface area contributed by atoms with E-state index in [9.17, 15) is 14.7 Å². The summed E-state index contributed by atoms with van der Waals surface area (Å²) in [6.07, 6.45) is 2.95. The number of rotatable bonds is 4. The number of carboxylic acids is 1. The van der Waals surface area contributed by atoms with Gasteiger partial charge >= 0.3 is 5.97 Å². The average Bonchev–Trinajstić information content (AvgIpc) is 2.91. The van der Waals surface area contributed by atoms with E-state index in [0.29, 0.717) is 0 Å². The summed E-state index contributed by atoms with van der Waals surface area (Å²) in [5, 5.41) is 24.5. The highest BCUT2D eigenvalue weighted by Gasteiger charge is 2.12. The van der Waals surface area contributed by atoms with Gasteiger partial charge in [0.05, 0.1) is 11.3 Å². The van der Waals surface area contributed by atoms with Crippen molar-refractivity contribution in [2.45, 2.75) is 0 Å². The molecule has 0 unspecified atom stereocenters. The Hall–Kier alpha value is -2.60. The minimum Gasteiger partial charge on any atom is -0.508 e. The molecule has 0 aliphatic heterocycles. The number of hydrogen-bond donors (Lipinski definition) is 3. The Labute approximate surface area is 118 Å². The predicted octanol–water partition coefficient (Wildman–Crippen LogP) is 2.80. The number of benzene rings is 1. The van der Waals surface area contributed by atoms with Crippen LogP contribution in [0.25, 0.3) is 6.08 Å². The molecule has 0 radical (unpaired) electrons. The summed E-state index contributed by atoms with van der Waals surface area (Å²) in [6.45, 7) is 0. The molecule has 20 heavy (non-hydrogen) atoms. The van der Waals surface area contributed by atoms with Gasteiger partial charge in [-0.2, -0.15) is 11.3 Å². The minimum absolute atomic E-state index is 0.135. The zero-order chi connectivity index (χ0) is 14.5. The molecule has 0 aliphatic rings. The molecule has 0 bridgehead atoms. The molecule has 0 saturated heterocycles. The molecule has 1 heterocycles. The molecule has 0 saturated carbocycles. The van der Waals surface area contributed by atoms with E-state index in [0.717, 1.165) is 11.6 Å². The fourth-order valence-corrected chi connectivity index (χ4v) is 2.16. The van der Waals surface area contributed by atoms with E-state index >= 15 is 0 Å². The Kier molecular flexibility index (Phi) is 4.17. The third kappa shape index (κ3) is 3.46. The topological polar surface area (TPSA) is 86.6 Å². The second kappa shape index (κ2) is 6.03. The number of phenols is 1. The van der Waals surface area contributed by atoms with Crippen molar-refractivity contribution in [2.75, 3.05) is 5.32 Å². The van der Waals surface area contributed by atoms with Gasteiger partial charge in [0, 0.05) is 6.08 Å². The number of thiophene rings is 1. The molecule has 0 aliphatic carbocycles. The highest BCUT2D eigenvalue weighted by molar-refractivity contribution is 7.08. The Morgan fingerprint density at radius 3 is 2.70 bits per heavy atom. The third-order valence-corrected chi connectivity index (χ3v) is 3.16. The van der Waals surface area contributed by atoms with Gasteiger partial charge < -0.3 is 15.5 Å². The monoisotopic (exact) mass is 289 g/mol. The molecule has 1 amide bonds. The molecule has 3 N–H and O–H groups in total. The summed E-state index contributed by atoms with van der Waals surface area (Å²) in [4.78, 5) is 22.7. The normalized spacial score (nSPS) is 10.6. The highest BCUT2D eigenvalue weighted by Crippen LogP contribution is 2.21. The van der Waals surface area contributed by atoms with Crippen LogP contribution in [0, 0.1) is 0 Å². The number of carboxylic acid groups (broad SMARTS) is 1. The van der Waals surface area contributed by atoms with Gasteiger partial charge in [-0.15, -0.1) is 0 Å². The maximum atomic E-state index is 11.7. The van der Waals surface area contributed by atoms with Crippen molar-refractivity contribution < 1.29 is 19.8 Å². The molecular weight excluding hydrogens is 278 g/mol. The summed E-state index contributed by atoms with van der Waals surface area (Å²) < 4.78 is 0. The van der Waals surface area contributed by atoms with Gasteiger partial charge in [-0.1, -0.05) is 0 Å². The Bertz CT molecular complexity index is 662. The van der Waals surface area contributed by atoms with E-state index < -0.39 is 11.9 Å². The standard InChI is InChI=1S/C14H11NO4S/c16-10-2-3-12(11(7-10)14(18)19)15-13(17)4-1-9-5-6-20-8-9/h1-8,16H,(H,15,17)(H,18,19).